The number of esters is 1. The Kier molecular flexibility index (Phi) is 9.11. The van der Waals surface area contributed by atoms with E-state index in [0.717, 1.165) is 25.1 Å². The Hall–Kier alpha value is -2.08. The normalized spacial score (nSPS) is 17.6. The fraction of sp³-hybridized carbons (Fsp3) is 0.619. The van der Waals surface area contributed by atoms with Gasteiger partial charge < -0.3 is 9.47 Å². The summed E-state index contributed by atoms with van der Waals surface area (Å²) < 4.78 is 10.3. The van der Waals surface area contributed by atoms with Crippen molar-refractivity contribution in [1.29, 1.82) is 0 Å². The van der Waals surface area contributed by atoms with Crippen LogP contribution in [0.25, 0.3) is 0 Å². The van der Waals surface area contributed by atoms with Gasteiger partial charge in [-0.05, 0) is 18.5 Å². The lowest BCUT2D eigenvalue weighted by atomic mass is 10.1. The Bertz CT molecular complexity index is 579. The maximum absolute atomic E-state index is 12.5. The predicted octanol–water partition coefficient (Wildman–Crippen LogP) is 3.45. The topological polar surface area (TPSA) is 59.1 Å². The summed E-state index contributed by atoms with van der Waals surface area (Å²) in [5.41, 5.74) is 0.922. The van der Waals surface area contributed by atoms with Gasteiger partial charge in [-0.25, -0.2) is 9.59 Å². The van der Waals surface area contributed by atoms with Crippen LogP contribution in [-0.2, 0) is 20.9 Å². The van der Waals surface area contributed by atoms with Gasteiger partial charge in [-0.15, -0.1) is 0 Å². The second-order valence-electron chi connectivity index (χ2n) is 6.99. The molecule has 27 heavy (non-hydrogen) atoms. The highest BCUT2D eigenvalue weighted by atomic mass is 16.6. The minimum absolute atomic E-state index is 0.200. The molecule has 1 aromatic carbocycles. The molecular formula is C21H32N2O4. The minimum Gasteiger partial charge on any atom is -0.467 e. The quantitative estimate of drug-likeness (QED) is 0.488. The number of hydrogen-bond acceptors (Lipinski definition) is 5. The Labute approximate surface area is 162 Å². The standard InChI is InChI=1S/C21H32N2O4/c1-3-4-5-6-10-13-22-14-15-23(19(16-22)20(24)26-2)21(25)27-17-18-11-8-7-9-12-18/h7-9,11-12,19H,3-6,10,13-17H2,1-2H3. The van der Waals surface area contributed by atoms with E-state index >= 15 is 0 Å². The molecule has 1 aliphatic rings. The molecule has 1 heterocycles. The lowest BCUT2D eigenvalue weighted by molar-refractivity contribution is -0.148. The summed E-state index contributed by atoms with van der Waals surface area (Å²) in [4.78, 5) is 28.5. The van der Waals surface area contributed by atoms with Crippen LogP contribution in [0, 0.1) is 0 Å². The molecule has 1 saturated heterocycles. The molecule has 1 aromatic rings. The van der Waals surface area contributed by atoms with Crippen LogP contribution in [0.1, 0.15) is 44.6 Å². The van der Waals surface area contributed by atoms with Crippen molar-refractivity contribution >= 4 is 12.1 Å². The molecule has 0 aromatic heterocycles. The molecule has 0 spiro atoms. The van der Waals surface area contributed by atoms with Gasteiger partial charge in [0.2, 0.25) is 0 Å². The van der Waals surface area contributed by atoms with Gasteiger partial charge in [0.25, 0.3) is 0 Å². The second kappa shape index (κ2) is 11.6. The van der Waals surface area contributed by atoms with Crippen molar-refractivity contribution in [3.63, 3.8) is 0 Å². The number of carbonyl (C=O) groups excluding carboxylic acids is 2. The summed E-state index contributed by atoms with van der Waals surface area (Å²) in [7, 11) is 1.36. The molecule has 2 rings (SSSR count). The van der Waals surface area contributed by atoms with E-state index in [1.165, 1.54) is 37.7 Å². The molecule has 1 unspecified atom stereocenters. The number of hydrogen-bond donors (Lipinski definition) is 0. The minimum atomic E-state index is -0.609. The molecule has 0 bridgehead atoms. The van der Waals surface area contributed by atoms with Crippen molar-refractivity contribution in [3.05, 3.63) is 35.9 Å². The van der Waals surface area contributed by atoms with E-state index in [0.29, 0.717) is 13.1 Å². The molecule has 1 fully saturated rings. The predicted molar refractivity (Wildman–Crippen MR) is 104 cm³/mol. The molecule has 1 atom stereocenters. The first kappa shape index (κ1) is 21.2. The summed E-state index contributed by atoms with van der Waals surface area (Å²) in [5.74, 6) is -0.387. The molecule has 0 N–H and O–H groups in total. The highest BCUT2D eigenvalue weighted by Gasteiger charge is 2.36. The maximum atomic E-state index is 12.5. The van der Waals surface area contributed by atoms with E-state index in [2.05, 4.69) is 11.8 Å². The molecule has 6 heteroatoms. The Morgan fingerprint density at radius 2 is 1.81 bits per heavy atom. The third kappa shape index (κ3) is 6.86. The Morgan fingerprint density at radius 3 is 2.52 bits per heavy atom. The molecule has 0 aliphatic carbocycles. The third-order valence-electron chi connectivity index (χ3n) is 4.96. The van der Waals surface area contributed by atoms with Gasteiger partial charge >= 0.3 is 12.1 Å². The van der Waals surface area contributed by atoms with E-state index in [1.54, 1.807) is 0 Å². The van der Waals surface area contributed by atoms with Gasteiger partial charge in [0.05, 0.1) is 7.11 Å². The number of carbonyl (C=O) groups is 2. The van der Waals surface area contributed by atoms with Crippen molar-refractivity contribution in [2.45, 2.75) is 51.7 Å². The number of piperazine rings is 1. The molecule has 1 aliphatic heterocycles. The van der Waals surface area contributed by atoms with Gasteiger partial charge in [0.1, 0.15) is 12.6 Å². The number of benzene rings is 1. The Balaban J connectivity index is 1.86. The SMILES string of the molecule is CCCCCCCN1CCN(C(=O)OCc2ccccc2)C(C(=O)OC)C1. The van der Waals surface area contributed by atoms with E-state index in [1.807, 2.05) is 30.3 Å². The van der Waals surface area contributed by atoms with Gasteiger partial charge in [0.15, 0.2) is 0 Å². The van der Waals surface area contributed by atoms with Gasteiger partial charge in [-0.2, -0.15) is 0 Å². The number of ether oxygens (including phenoxy) is 2. The molecule has 0 radical (unpaired) electrons. The summed E-state index contributed by atoms with van der Waals surface area (Å²) in [5, 5.41) is 0. The number of unbranched alkanes of at least 4 members (excludes halogenated alkanes) is 4. The van der Waals surface area contributed by atoms with Crippen LogP contribution in [0.2, 0.25) is 0 Å². The smallest absolute Gasteiger partial charge is 0.410 e. The zero-order chi connectivity index (χ0) is 19.5. The maximum Gasteiger partial charge on any atom is 0.410 e. The zero-order valence-corrected chi connectivity index (χ0v) is 16.6. The van der Waals surface area contributed by atoms with Crippen LogP contribution in [0.3, 0.4) is 0 Å². The number of nitrogens with zero attached hydrogens (tertiary/aromatic N) is 2. The fourth-order valence-corrected chi connectivity index (χ4v) is 3.34. The van der Waals surface area contributed by atoms with Crippen LogP contribution in [-0.4, -0.2) is 61.2 Å². The summed E-state index contributed by atoms with van der Waals surface area (Å²) in [6.45, 7) is 5.08. The average molecular weight is 376 g/mol. The van der Waals surface area contributed by atoms with E-state index in [9.17, 15) is 9.59 Å². The number of methoxy groups -OCH3 is 1. The van der Waals surface area contributed by atoms with Crippen molar-refractivity contribution in [1.82, 2.24) is 9.80 Å². The van der Waals surface area contributed by atoms with E-state index in [4.69, 9.17) is 9.47 Å². The highest BCUT2D eigenvalue weighted by molar-refractivity contribution is 5.82. The lowest BCUT2D eigenvalue weighted by Crippen LogP contribution is -2.58. The van der Waals surface area contributed by atoms with Crippen LogP contribution >= 0.6 is 0 Å². The monoisotopic (exact) mass is 376 g/mol. The van der Waals surface area contributed by atoms with Crippen molar-refractivity contribution < 1.29 is 19.1 Å². The first-order valence-electron chi connectivity index (χ1n) is 9.93. The lowest BCUT2D eigenvalue weighted by Gasteiger charge is -2.39. The second-order valence-corrected chi connectivity index (χ2v) is 6.99. The van der Waals surface area contributed by atoms with Crippen molar-refractivity contribution in [2.75, 3.05) is 33.3 Å². The molecular weight excluding hydrogens is 344 g/mol. The van der Waals surface area contributed by atoms with Crippen LogP contribution in [0.4, 0.5) is 4.79 Å². The van der Waals surface area contributed by atoms with E-state index < -0.39 is 12.1 Å². The number of rotatable bonds is 9. The molecule has 6 nitrogen and oxygen atoms in total. The van der Waals surface area contributed by atoms with Gasteiger partial charge in [-0.3, -0.25) is 9.80 Å². The first-order valence-corrected chi connectivity index (χ1v) is 9.93. The van der Waals surface area contributed by atoms with Gasteiger partial charge in [-0.1, -0.05) is 62.9 Å². The van der Waals surface area contributed by atoms with Crippen molar-refractivity contribution in [3.8, 4) is 0 Å². The summed E-state index contributed by atoms with van der Waals surface area (Å²) in [6, 6.07) is 8.92. The van der Waals surface area contributed by atoms with Crippen molar-refractivity contribution in [2.24, 2.45) is 0 Å². The third-order valence-corrected chi connectivity index (χ3v) is 4.96. The van der Waals surface area contributed by atoms with Crippen LogP contribution in [0.15, 0.2) is 30.3 Å². The first-order chi connectivity index (χ1) is 13.2. The highest BCUT2D eigenvalue weighted by Crippen LogP contribution is 2.15. The zero-order valence-electron chi connectivity index (χ0n) is 16.6. The number of amides is 1. The van der Waals surface area contributed by atoms with Crippen LogP contribution < -0.4 is 0 Å². The molecule has 0 saturated carbocycles. The Morgan fingerprint density at radius 1 is 1.07 bits per heavy atom. The van der Waals surface area contributed by atoms with Crippen LogP contribution in [0.5, 0.6) is 0 Å². The van der Waals surface area contributed by atoms with Gasteiger partial charge in [0, 0.05) is 19.6 Å². The average Bonchev–Trinajstić information content (AvgIpc) is 2.72. The molecule has 1 amide bonds. The fourth-order valence-electron chi connectivity index (χ4n) is 3.34. The summed E-state index contributed by atoms with van der Waals surface area (Å²) >= 11 is 0. The largest absolute Gasteiger partial charge is 0.467 e. The van der Waals surface area contributed by atoms with E-state index in [-0.39, 0.29) is 12.6 Å². The summed E-state index contributed by atoms with van der Waals surface area (Å²) in [6.07, 6.45) is 5.61. The molecule has 150 valence electrons.